The fourth-order valence-electron chi connectivity index (χ4n) is 1.41. The van der Waals surface area contributed by atoms with Gasteiger partial charge >= 0.3 is 0 Å². The van der Waals surface area contributed by atoms with Crippen molar-refractivity contribution >= 4 is 33.5 Å². The zero-order chi connectivity index (χ0) is 10.7. The van der Waals surface area contributed by atoms with Gasteiger partial charge in [-0.05, 0) is 28.8 Å². The molecule has 0 bridgehead atoms. The van der Waals surface area contributed by atoms with Gasteiger partial charge in [-0.25, -0.2) is 9.97 Å². The molecule has 1 atom stereocenters. The number of anilines is 1. The highest BCUT2D eigenvalue weighted by molar-refractivity contribution is 9.10. The SMILES string of the molecule is Nc1ncnc(SCC2CCCO2)c1Br. The van der Waals surface area contributed by atoms with E-state index in [0.717, 1.165) is 34.7 Å². The summed E-state index contributed by atoms with van der Waals surface area (Å²) in [5.41, 5.74) is 5.66. The summed E-state index contributed by atoms with van der Waals surface area (Å²) < 4.78 is 6.32. The monoisotopic (exact) mass is 289 g/mol. The molecule has 2 heterocycles. The van der Waals surface area contributed by atoms with Crippen LogP contribution in [0.2, 0.25) is 0 Å². The first-order valence-corrected chi connectivity index (χ1v) is 6.55. The van der Waals surface area contributed by atoms with Crippen LogP contribution in [0.3, 0.4) is 0 Å². The maximum atomic E-state index is 5.66. The van der Waals surface area contributed by atoms with Gasteiger partial charge in [-0.1, -0.05) is 0 Å². The average Bonchev–Trinajstić information content (AvgIpc) is 2.73. The highest BCUT2D eigenvalue weighted by atomic mass is 79.9. The van der Waals surface area contributed by atoms with E-state index in [1.165, 1.54) is 6.33 Å². The minimum Gasteiger partial charge on any atom is -0.383 e. The maximum Gasteiger partial charge on any atom is 0.142 e. The van der Waals surface area contributed by atoms with Gasteiger partial charge in [0.25, 0.3) is 0 Å². The van der Waals surface area contributed by atoms with Gasteiger partial charge in [0.05, 0.1) is 10.6 Å². The number of aromatic nitrogens is 2. The number of halogens is 1. The van der Waals surface area contributed by atoms with Gasteiger partial charge in [0, 0.05) is 12.4 Å². The molecule has 2 N–H and O–H groups in total. The van der Waals surface area contributed by atoms with Gasteiger partial charge < -0.3 is 10.5 Å². The van der Waals surface area contributed by atoms with Crippen LogP contribution in [-0.2, 0) is 4.74 Å². The number of hydrogen-bond donors (Lipinski definition) is 1. The fraction of sp³-hybridized carbons (Fsp3) is 0.556. The number of nitrogens with two attached hydrogens (primary N) is 1. The van der Waals surface area contributed by atoms with Gasteiger partial charge in [0.1, 0.15) is 17.2 Å². The smallest absolute Gasteiger partial charge is 0.142 e. The van der Waals surface area contributed by atoms with Crippen molar-refractivity contribution in [2.75, 3.05) is 18.1 Å². The summed E-state index contributed by atoms with van der Waals surface area (Å²) in [5.74, 6) is 1.41. The van der Waals surface area contributed by atoms with Crippen LogP contribution in [0, 0.1) is 0 Å². The van der Waals surface area contributed by atoms with Crippen molar-refractivity contribution in [3.63, 3.8) is 0 Å². The Labute approximate surface area is 101 Å². The lowest BCUT2D eigenvalue weighted by atomic mass is 10.3. The van der Waals surface area contributed by atoms with E-state index < -0.39 is 0 Å². The summed E-state index contributed by atoms with van der Waals surface area (Å²) in [4.78, 5) is 8.06. The number of nitrogens with zero attached hydrogens (tertiary/aromatic N) is 2. The maximum absolute atomic E-state index is 5.66. The number of hydrogen-bond acceptors (Lipinski definition) is 5. The number of rotatable bonds is 3. The summed E-state index contributed by atoms with van der Waals surface area (Å²) in [6.07, 6.45) is 4.15. The summed E-state index contributed by atoms with van der Waals surface area (Å²) in [6, 6.07) is 0. The molecule has 1 aliphatic rings. The van der Waals surface area contributed by atoms with Crippen molar-refractivity contribution in [2.45, 2.75) is 24.0 Å². The third-order valence-electron chi connectivity index (χ3n) is 2.21. The fourth-order valence-corrected chi connectivity index (χ4v) is 2.92. The van der Waals surface area contributed by atoms with Crippen molar-refractivity contribution in [1.82, 2.24) is 9.97 Å². The Kier molecular flexibility index (Phi) is 3.82. The summed E-state index contributed by atoms with van der Waals surface area (Å²) in [7, 11) is 0. The Morgan fingerprint density at radius 3 is 3.20 bits per heavy atom. The Hall–Kier alpha value is -0.330. The lowest BCUT2D eigenvalue weighted by molar-refractivity contribution is 0.129. The van der Waals surface area contributed by atoms with E-state index in [1.54, 1.807) is 11.8 Å². The predicted octanol–water partition coefficient (Wildman–Crippen LogP) is 2.09. The Balaban J connectivity index is 1.95. The van der Waals surface area contributed by atoms with Gasteiger partial charge in [-0.15, -0.1) is 11.8 Å². The van der Waals surface area contributed by atoms with Gasteiger partial charge in [0.2, 0.25) is 0 Å². The van der Waals surface area contributed by atoms with E-state index >= 15 is 0 Å². The molecule has 0 radical (unpaired) electrons. The molecule has 0 saturated carbocycles. The van der Waals surface area contributed by atoms with Crippen LogP contribution in [-0.4, -0.2) is 28.4 Å². The van der Waals surface area contributed by atoms with Crippen LogP contribution >= 0.6 is 27.7 Å². The molecule has 4 nitrogen and oxygen atoms in total. The first-order chi connectivity index (χ1) is 7.27. The molecule has 82 valence electrons. The van der Waals surface area contributed by atoms with Crippen molar-refractivity contribution in [1.29, 1.82) is 0 Å². The van der Waals surface area contributed by atoms with E-state index in [1.807, 2.05) is 0 Å². The van der Waals surface area contributed by atoms with E-state index in [4.69, 9.17) is 10.5 Å². The van der Waals surface area contributed by atoms with Crippen LogP contribution in [0.4, 0.5) is 5.82 Å². The van der Waals surface area contributed by atoms with E-state index in [-0.39, 0.29) is 0 Å². The van der Waals surface area contributed by atoms with E-state index in [9.17, 15) is 0 Å². The third-order valence-corrected chi connectivity index (χ3v) is 4.38. The topological polar surface area (TPSA) is 61.0 Å². The number of thioether (sulfide) groups is 1. The largest absolute Gasteiger partial charge is 0.383 e. The zero-order valence-electron chi connectivity index (χ0n) is 8.15. The molecule has 0 aromatic carbocycles. The first-order valence-electron chi connectivity index (χ1n) is 4.77. The van der Waals surface area contributed by atoms with Crippen molar-refractivity contribution in [2.24, 2.45) is 0 Å². The zero-order valence-corrected chi connectivity index (χ0v) is 10.6. The molecule has 1 unspecified atom stereocenters. The molecule has 1 aromatic heterocycles. The molecule has 1 fully saturated rings. The van der Waals surface area contributed by atoms with E-state index in [2.05, 4.69) is 25.9 Å². The first kappa shape index (κ1) is 11.2. The lowest BCUT2D eigenvalue weighted by Gasteiger charge is -2.09. The summed E-state index contributed by atoms with van der Waals surface area (Å²) in [6.45, 7) is 0.887. The highest BCUT2D eigenvalue weighted by Crippen LogP contribution is 2.30. The average molecular weight is 290 g/mol. The molecular formula is C9H12BrN3OS. The van der Waals surface area contributed by atoms with Crippen LogP contribution in [0.15, 0.2) is 15.8 Å². The Bertz CT molecular complexity index is 344. The normalized spacial score (nSPS) is 20.7. The number of nitrogen functional groups attached to an aromatic ring is 1. The standard InChI is InChI=1S/C9H12BrN3OS/c10-7-8(11)12-5-13-9(7)15-4-6-2-1-3-14-6/h5-6H,1-4H2,(H2,11,12,13). The molecule has 1 aromatic rings. The molecule has 15 heavy (non-hydrogen) atoms. The molecule has 2 rings (SSSR count). The van der Waals surface area contributed by atoms with Gasteiger partial charge in [-0.3, -0.25) is 0 Å². The summed E-state index contributed by atoms with van der Waals surface area (Å²) >= 11 is 5.03. The van der Waals surface area contributed by atoms with Gasteiger partial charge in [0.15, 0.2) is 0 Å². The van der Waals surface area contributed by atoms with Crippen LogP contribution in [0.25, 0.3) is 0 Å². The van der Waals surface area contributed by atoms with Crippen LogP contribution in [0.5, 0.6) is 0 Å². The molecule has 0 spiro atoms. The second-order valence-electron chi connectivity index (χ2n) is 3.32. The van der Waals surface area contributed by atoms with Crippen LogP contribution in [0.1, 0.15) is 12.8 Å². The van der Waals surface area contributed by atoms with E-state index in [0.29, 0.717) is 11.9 Å². The quantitative estimate of drug-likeness (QED) is 0.682. The minimum atomic E-state index is 0.359. The van der Waals surface area contributed by atoms with Crippen molar-refractivity contribution in [3.8, 4) is 0 Å². The van der Waals surface area contributed by atoms with Crippen molar-refractivity contribution < 1.29 is 4.74 Å². The Morgan fingerprint density at radius 2 is 2.47 bits per heavy atom. The third kappa shape index (κ3) is 2.83. The number of ether oxygens (including phenoxy) is 1. The molecule has 0 amide bonds. The summed E-state index contributed by atoms with van der Waals surface area (Å²) in [5, 5.41) is 0.887. The molecule has 1 saturated heterocycles. The second-order valence-corrected chi connectivity index (χ2v) is 5.13. The Morgan fingerprint density at radius 1 is 1.60 bits per heavy atom. The van der Waals surface area contributed by atoms with Crippen LogP contribution < -0.4 is 5.73 Å². The molecule has 6 heteroatoms. The predicted molar refractivity (Wildman–Crippen MR) is 63.8 cm³/mol. The van der Waals surface area contributed by atoms with Crippen molar-refractivity contribution in [3.05, 3.63) is 10.8 Å². The second kappa shape index (κ2) is 5.14. The molecule has 1 aliphatic heterocycles. The lowest BCUT2D eigenvalue weighted by Crippen LogP contribution is -2.08. The van der Waals surface area contributed by atoms with Gasteiger partial charge in [-0.2, -0.15) is 0 Å². The molecule has 0 aliphatic carbocycles. The molecular weight excluding hydrogens is 278 g/mol. The minimum absolute atomic E-state index is 0.359. The highest BCUT2D eigenvalue weighted by Gasteiger charge is 2.17.